The molecule has 27 heavy (non-hydrogen) atoms. The third-order valence-corrected chi connectivity index (χ3v) is 5.35. The summed E-state index contributed by atoms with van der Waals surface area (Å²) in [5.41, 5.74) is 0.654. The number of rotatable bonds is 7. The van der Waals surface area contributed by atoms with E-state index in [2.05, 4.69) is 20.8 Å². The van der Waals surface area contributed by atoms with E-state index in [0.29, 0.717) is 17.5 Å². The van der Waals surface area contributed by atoms with Crippen molar-refractivity contribution in [2.75, 3.05) is 11.9 Å². The predicted octanol–water partition coefficient (Wildman–Crippen LogP) is 3.10. The lowest BCUT2D eigenvalue weighted by molar-refractivity contribution is -0.122. The van der Waals surface area contributed by atoms with Gasteiger partial charge in [0.15, 0.2) is 5.17 Å². The zero-order chi connectivity index (χ0) is 19.1. The summed E-state index contributed by atoms with van der Waals surface area (Å²) >= 11 is 2.75. The number of thioether (sulfide) groups is 1. The summed E-state index contributed by atoms with van der Waals surface area (Å²) in [7, 11) is 0. The highest BCUT2D eigenvalue weighted by Gasteiger charge is 2.32. The second-order valence-corrected chi connectivity index (χ2v) is 7.64. The summed E-state index contributed by atoms with van der Waals surface area (Å²) in [4.78, 5) is 25.2. The van der Waals surface area contributed by atoms with Gasteiger partial charge in [0.25, 0.3) is 0 Å². The molecular weight excluding hydrogens is 384 g/mol. The van der Waals surface area contributed by atoms with E-state index in [9.17, 15) is 9.59 Å². The maximum absolute atomic E-state index is 12.2. The molecule has 0 aliphatic carbocycles. The molecule has 140 valence electrons. The third-order valence-electron chi connectivity index (χ3n) is 3.47. The number of benzene rings is 1. The van der Waals surface area contributed by atoms with Crippen molar-refractivity contribution in [2.45, 2.75) is 18.6 Å². The fraction of sp³-hybridized carbons (Fsp3) is 0.222. The van der Waals surface area contributed by atoms with Crippen LogP contribution in [0.2, 0.25) is 0 Å². The number of nitrogens with zero attached hydrogens (tertiary/aromatic N) is 2. The monoisotopic (exact) mass is 402 g/mol. The first kappa shape index (κ1) is 19.1. The SMILES string of the molecule is CCOc1ccc(NC(=O)CC2S/C(=N\N=C\c3cccs3)NC2=O)cc1. The Hall–Kier alpha value is -2.65. The highest BCUT2D eigenvalue weighted by atomic mass is 32.2. The van der Waals surface area contributed by atoms with Crippen molar-refractivity contribution in [3.63, 3.8) is 0 Å². The smallest absolute Gasteiger partial charge is 0.240 e. The van der Waals surface area contributed by atoms with E-state index in [4.69, 9.17) is 4.74 Å². The maximum atomic E-state index is 12.2. The second kappa shape index (κ2) is 9.33. The van der Waals surface area contributed by atoms with Crippen LogP contribution in [0, 0.1) is 0 Å². The average Bonchev–Trinajstić information content (AvgIpc) is 3.27. The third kappa shape index (κ3) is 5.66. The van der Waals surface area contributed by atoms with E-state index in [-0.39, 0.29) is 18.2 Å². The van der Waals surface area contributed by atoms with Gasteiger partial charge in [0, 0.05) is 17.0 Å². The molecule has 1 fully saturated rings. The molecule has 0 bridgehead atoms. The fourth-order valence-corrected chi connectivity index (χ4v) is 3.77. The summed E-state index contributed by atoms with van der Waals surface area (Å²) in [5.74, 6) is 0.257. The van der Waals surface area contributed by atoms with Crippen LogP contribution in [0.4, 0.5) is 5.69 Å². The standard InChI is InChI=1S/C18H18N4O3S2/c1-2-25-13-7-5-12(6-8-13)20-16(23)10-15-17(24)21-18(27-15)22-19-11-14-4-3-9-26-14/h3-9,11,15H,2,10H2,1H3,(H,20,23)(H,21,22,24)/b19-11+. The van der Waals surface area contributed by atoms with Gasteiger partial charge in [0.2, 0.25) is 11.8 Å². The Kier molecular flexibility index (Phi) is 6.61. The molecule has 0 saturated carbocycles. The lowest BCUT2D eigenvalue weighted by Crippen LogP contribution is -2.28. The second-order valence-electron chi connectivity index (χ2n) is 5.47. The van der Waals surface area contributed by atoms with Crippen molar-refractivity contribution < 1.29 is 14.3 Å². The topological polar surface area (TPSA) is 92.2 Å². The van der Waals surface area contributed by atoms with E-state index >= 15 is 0 Å². The Morgan fingerprint density at radius 3 is 2.85 bits per heavy atom. The Labute approximate surface area is 164 Å². The summed E-state index contributed by atoms with van der Waals surface area (Å²) in [5, 5.41) is 15.2. The van der Waals surface area contributed by atoms with Crippen LogP contribution in [0.1, 0.15) is 18.2 Å². The quantitative estimate of drug-likeness (QED) is 0.550. The van der Waals surface area contributed by atoms with Gasteiger partial charge in [-0.3, -0.25) is 9.59 Å². The molecule has 1 aliphatic rings. The van der Waals surface area contributed by atoms with E-state index in [0.717, 1.165) is 10.6 Å². The molecule has 2 aromatic rings. The van der Waals surface area contributed by atoms with Crippen LogP contribution in [-0.2, 0) is 9.59 Å². The summed E-state index contributed by atoms with van der Waals surface area (Å²) < 4.78 is 5.36. The van der Waals surface area contributed by atoms with E-state index in [1.165, 1.54) is 11.8 Å². The van der Waals surface area contributed by atoms with Crippen molar-refractivity contribution in [1.82, 2.24) is 5.32 Å². The lowest BCUT2D eigenvalue weighted by Gasteiger charge is -2.08. The molecule has 1 atom stereocenters. The van der Waals surface area contributed by atoms with Crippen LogP contribution in [-0.4, -0.2) is 35.1 Å². The van der Waals surface area contributed by atoms with Crippen molar-refractivity contribution in [1.29, 1.82) is 0 Å². The number of anilines is 1. The Bertz CT molecular complexity index is 848. The predicted molar refractivity (Wildman–Crippen MR) is 110 cm³/mol. The minimum atomic E-state index is -0.525. The molecule has 7 nitrogen and oxygen atoms in total. The van der Waals surface area contributed by atoms with E-state index in [1.807, 2.05) is 24.4 Å². The Morgan fingerprint density at radius 1 is 1.33 bits per heavy atom. The number of carbonyl (C=O) groups is 2. The maximum Gasteiger partial charge on any atom is 0.240 e. The average molecular weight is 403 g/mol. The van der Waals surface area contributed by atoms with Crippen molar-refractivity contribution in [3.05, 3.63) is 46.7 Å². The van der Waals surface area contributed by atoms with Crippen molar-refractivity contribution >= 4 is 52.0 Å². The first-order chi connectivity index (χ1) is 13.1. The van der Waals surface area contributed by atoms with Gasteiger partial charge in [0.1, 0.15) is 11.0 Å². The molecule has 1 saturated heterocycles. The van der Waals surface area contributed by atoms with Crippen LogP contribution >= 0.6 is 23.1 Å². The summed E-state index contributed by atoms with van der Waals surface area (Å²) in [6.45, 7) is 2.49. The number of carbonyl (C=O) groups excluding carboxylic acids is 2. The largest absolute Gasteiger partial charge is 0.494 e. The number of amidine groups is 1. The van der Waals surface area contributed by atoms with Crippen LogP contribution in [0.3, 0.4) is 0 Å². The van der Waals surface area contributed by atoms with Crippen LogP contribution in [0.25, 0.3) is 0 Å². The number of ether oxygens (including phenoxy) is 1. The van der Waals surface area contributed by atoms with Crippen LogP contribution in [0.15, 0.2) is 52.0 Å². The van der Waals surface area contributed by atoms with Gasteiger partial charge in [-0.25, -0.2) is 0 Å². The van der Waals surface area contributed by atoms with Gasteiger partial charge in [-0.2, -0.15) is 5.10 Å². The van der Waals surface area contributed by atoms with Crippen LogP contribution < -0.4 is 15.4 Å². The van der Waals surface area contributed by atoms with Crippen LogP contribution in [0.5, 0.6) is 5.75 Å². The van der Waals surface area contributed by atoms with E-state index in [1.54, 1.807) is 41.8 Å². The normalized spacial score (nSPS) is 18.0. The summed E-state index contributed by atoms with van der Waals surface area (Å²) in [6.07, 6.45) is 1.67. The highest BCUT2D eigenvalue weighted by Crippen LogP contribution is 2.23. The van der Waals surface area contributed by atoms with Crippen molar-refractivity contribution in [2.24, 2.45) is 10.2 Å². The van der Waals surface area contributed by atoms with Gasteiger partial charge in [-0.15, -0.1) is 16.4 Å². The molecule has 1 aliphatic heterocycles. The Morgan fingerprint density at radius 2 is 2.15 bits per heavy atom. The van der Waals surface area contributed by atoms with Gasteiger partial charge in [0.05, 0.1) is 12.8 Å². The molecule has 9 heteroatoms. The molecule has 0 spiro atoms. The zero-order valence-electron chi connectivity index (χ0n) is 14.5. The minimum absolute atomic E-state index is 0.0529. The number of thiophene rings is 1. The van der Waals surface area contributed by atoms with Crippen molar-refractivity contribution in [3.8, 4) is 5.75 Å². The number of nitrogens with one attached hydrogen (secondary N) is 2. The molecular formula is C18H18N4O3S2. The van der Waals surface area contributed by atoms with Gasteiger partial charge < -0.3 is 15.4 Å². The van der Waals surface area contributed by atoms with Gasteiger partial charge in [-0.1, -0.05) is 17.8 Å². The minimum Gasteiger partial charge on any atom is -0.494 e. The molecule has 1 aromatic carbocycles. The molecule has 0 radical (unpaired) electrons. The van der Waals surface area contributed by atoms with Gasteiger partial charge >= 0.3 is 0 Å². The first-order valence-corrected chi connectivity index (χ1v) is 10.0. The first-order valence-electron chi connectivity index (χ1n) is 8.29. The zero-order valence-corrected chi connectivity index (χ0v) is 16.2. The number of hydrogen-bond donors (Lipinski definition) is 2. The van der Waals surface area contributed by atoms with Gasteiger partial charge in [-0.05, 0) is 42.6 Å². The molecule has 2 heterocycles. The summed E-state index contributed by atoms with van der Waals surface area (Å²) in [6, 6.07) is 10.9. The molecule has 3 rings (SSSR count). The molecule has 1 unspecified atom stereocenters. The lowest BCUT2D eigenvalue weighted by atomic mass is 10.2. The number of hydrogen-bond acceptors (Lipinski definition) is 7. The Balaban J connectivity index is 1.51. The fourth-order valence-electron chi connectivity index (χ4n) is 2.27. The molecule has 2 N–H and O–H groups in total. The van der Waals surface area contributed by atoms with E-state index < -0.39 is 5.25 Å². The molecule has 1 aromatic heterocycles. The number of amides is 2. The highest BCUT2D eigenvalue weighted by molar-refractivity contribution is 8.15. The molecule has 2 amide bonds.